The van der Waals surface area contributed by atoms with E-state index in [0.717, 1.165) is 25.5 Å². The Hall–Kier alpha value is -1.42. The van der Waals surface area contributed by atoms with E-state index >= 15 is 0 Å². The Labute approximate surface area is 116 Å². The highest BCUT2D eigenvalue weighted by Crippen LogP contribution is 2.19. The van der Waals surface area contributed by atoms with E-state index < -0.39 is 0 Å². The molecule has 2 rings (SSSR count). The maximum atomic E-state index is 4.22. The molecular formula is C15H24N4. The second-order valence-corrected chi connectivity index (χ2v) is 5.54. The molecule has 1 saturated heterocycles. The van der Waals surface area contributed by atoms with Crippen LogP contribution in [0.1, 0.15) is 26.7 Å². The minimum atomic E-state index is 0.603. The predicted molar refractivity (Wildman–Crippen MR) is 79.3 cm³/mol. The summed E-state index contributed by atoms with van der Waals surface area (Å²) in [6.45, 7) is 7.47. The third kappa shape index (κ3) is 4.03. The van der Waals surface area contributed by atoms with Crippen LogP contribution in [0.4, 0.5) is 5.82 Å². The zero-order valence-corrected chi connectivity index (χ0v) is 12.2. The molecule has 1 aromatic heterocycles. The van der Waals surface area contributed by atoms with Gasteiger partial charge in [0.25, 0.3) is 0 Å². The molecule has 19 heavy (non-hydrogen) atoms. The van der Waals surface area contributed by atoms with Gasteiger partial charge in [-0.2, -0.15) is 5.10 Å². The van der Waals surface area contributed by atoms with Gasteiger partial charge in [0, 0.05) is 31.9 Å². The van der Waals surface area contributed by atoms with Gasteiger partial charge in [-0.1, -0.05) is 11.6 Å². The van der Waals surface area contributed by atoms with Crippen molar-refractivity contribution in [3.05, 3.63) is 30.0 Å². The summed E-state index contributed by atoms with van der Waals surface area (Å²) in [5, 5.41) is 8.19. The standard InChI is InChI=1S/C15H24N4/c1-13(2)8-11-18(3)14-6-5-10-19(12-14)15-7-4-9-16-17-15/h4,7-9,14H,5-6,10-12H2,1-3H3/t14-/m1/s1. The molecule has 1 aliphatic heterocycles. The van der Waals surface area contributed by atoms with Crippen LogP contribution in [0.15, 0.2) is 30.0 Å². The highest BCUT2D eigenvalue weighted by molar-refractivity contribution is 5.37. The zero-order chi connectivity index (χ0) is 13.7. The SMILES string of the molecule is CC(C)=CCN(C)[C@@H]1CCCN(c2cccnn2)C1. The fourth-order valence-corrected chi connectivity index (χ4v) is 2.46. The second-order valence-electron chi connectivity index (χ2n) is 5.54. The summed E-state index contributed by atoms with van der Waals surface area (Å²) < 4.78 is 0. The lowest BCUT2D eigenvalue weighted by Gasteiger charge is -2.37. The molecule has 4 heteroatoms. The van der Waals surface area contributed by atoms with Crippen molar-refractivity contribution in [3.8, 4) is 0 Å². The topological polar surface area (TPSA) is 32.3 Å². The van der Waals surface area contributed by atoms with Crippen molar-refractivity contribution >= 4 is 5.82 Å². The first-order valence-corrected chi connectivity index (χ1v) is 7.03. The summed E-state index contributed by atoms with van der Waals surface area (Å²) in [4.78, 5) is 4.79. The Morgan fingerprint density at radius 2 is 2.37 bits per heavy atom. The summed E-state index contributed by atoms with van der Waals surface area (Å²) >= 11 is 0. The van der Waals surface area contributed by atoms with E-state index in [1.54, 1.807) is 6.20 Å². The number of hydrogen-bond donors (Lipinski definition) is 0. The summed E-state index contributed by atoms with van der Waals surface area (Å²) in [5.41, 5.74) is 1.38. The van der Waals surface area contributed by atoms with Gasteiger partial charge in [0.1, 0.15) is 0 Å². The van der Waals surface area contributed by atoms with Gasteiger partial charge in [0.15, 0.2) is 5.82 Å². The average Bonchev–Trinajstić information content (AvgIpc) is 2.46. The first kappa shape index (κ1) is 14.0. The lowest BCUT2D eigenvalue weighted by Crippen LogP contribution is -2.47. The Bertz CT molecular complexity index is 411. The highest BCUT2D eigenvalue weighted by Gasteiger charge is 2.23. The monoisotopic (exact) mass is 260 g/mol. The van der Waals surface area contributed by atoms with Crippen LogP contribution >= 0.6 is 0 Å². The smallest absolute Gasteiger partial charge is 0.151 e. The van der Waals surface area contributed by atoms with Crippen molar-refractivity contribution in [1.82, 2.24) is 15.1 Å². The summed E-state index contributed by atoms with van der Waals surface area (Å²) in [6.07, 6.45) is 6.51. The van der Waals surface area contributed by atoms with Crippen LogP contribution in [-0.4, -0.2) is 47.8 Å². The zero-order valence-electron chi connectivity index (χ0n) is 12.2. The van der Waals surface area contributed by atoms with Gasteiger partial charge in [-0.25, -0.2) is 0 Å². The number of piperidine rings is 1. The summed E-state index contributed by atoms with van der Waals surface area (Å²) in [6, 6.07) is 4.61. The number of nitrogens with zero attached hydrogens (tertiary/aromatic N) is 4. The van der Waals surface area contributed by atoms with E-state index in [1.165, 1.54) is 18.4 Å². The van der Waals surface area contributed by atoms with Gasteiger partial charge in [-0.15, -0.1) is 5.10 Å². The summed E-state index contributed by atoms with van der Waals surface area (Å²) in [7, 11) is 2.21. The maximum Gasteiger partial charge on any atom is 0.151 e. The van der Waals surface area contributed by atoms with Crippen molar-refractivity contribution in [2.45, 2.75) is 32.7 Å². The van der Waals surface area contributed by atoms with Gasteiger partial charge in [0.2, 0.25) is 0 Å². The van der Waals surface area contributed by atoms with Crippen LogP contribution < -0.4 is 4.90 Å². The van der Waals surface area contributed by atoms with Crippen LogP contribution in [-0.2, 0) is 0 Å². The van der Waals surface area contributed by atoms with E-state index in [4.69, 9.17) is 0 Å². The molecule has 0 aliphatic carbocycles. The lowest BCUT2D eigenvalue weighted by atomic mass is 10.0. The van der Waals surface area contributed by atoms with Crippen molar-refractivity contribution in [2.75, 3.05) is 31.6 Å². The number of rotatable bonds is 4. The molecule has 0 radical (unpaired) electrons. The molecular weight excluding hydrogens is 236 g/mol. The molecule has 1 aliphatic rings. The van der Waals surface area contributed by atoms with Crippen LogP contribution in [0, 0.1) is 0 Å². The lowest BCUT2D eigenvalue weighted by molar-refractivity contribution is 0.234. The molecule has 104 valence electrons. The van der Waals surface area contributed by atoms with Crippen molar-refractivity contribution < 1.29 is 0 Å². The second kappa shape index (κ2) is 6.66. The van der Waals surface area contributed by atoms with Crippen molar-refractivity contribution in [3.63, 3.8) is 0 Å². The minimum Gasteiger partial charge on any atom is -0.354 e. The number of anilines is 1. The fraction of sp³-hybridized carbons (Fsp3) is 0.600. The van der Waals surface area contributed by atoms with Gasteiger partial charge in [0.05, 0.1) is 0 Å². The minimum absolute atomic E-state index is 0.603. The molecule has 0 amide bonds. The molecule has 2 heterocycles. The number of hydrogen-bond acceptors (Lipinski definition) is 4. The quantitative estimate of drug-likeness (QED) is 0.778. The maximum absolute atomic E-state index is 4.22. The first-order chi connectivity index (χ1) is 9.16. The normalized spacial score (nSPS) is 19.6. The molecule has 0 saturated carbocycles. The van der Waals surface area contributed by atoms with Crippen molar-refractivity contribution in [2.24, 2.45) is 0 Å². The molecule has 0 bridgehead atoms. The first-order valence-electron chi connectivity index (χ1n) is 7.03. The van der Waals surface area contributed by atoms with E-state index in [9.17, 15) is 0 Å². The van der Waals surface area contributed by atoms with E-state index in [1.807, 2.05) is 12.1 Å². The Balaban J connectivity index is 1.95. The molecule has 0 aromatic carbocycles. The van der Waals surface area contributed by atoms with Crippen LogP contribution in [0.2, 0.25) is 0 Å². The van der Waals surface area contributed by atoms with Gasteiger partial charge in [-0.3, -0.25) is 4.90 Å². The van der Waals surface area contributed by atoms with E-state index in [0.29, 0.717) is 6.04 Å². The predicted octanol–water partition coefficient (Wildman–Crippen LogP) is 2.34. The molecule has 0 spiro atoms. The van der Waals surface area contributed by atoms with Crippen LogP contribution in [0.3, 0.4) is 0 Å². The van der Waals surface area contributed by atoms with E-state index in [2.05, 4.69) is 47.0 Å². The largest absolute Gasteiger partial charge is 0.354 e. The molecule has 1 atom stereocenters. The van der Waals surface area contributed by atoms with Gasteiger partial charge in [-0.05, 0) is 45.9 Å². The number of allylic oxidation sites excluding steroid dienone is 1. The Morgan fingerprint density at radius 3 is 3.05 bits per heavy atom. The third-order valence-corrected chi connectivity index (χ3v) is 3.69. The molecule has 1 fully saturated rings. The van der Waals surface area contributed by atoms with Gasteiger partial charge < -0.3 is 4.90 Å². The average molecular weight is 260 g/mol. The Kier molecular flexibility index (Phi) is 4.91. The van der Waals surface area contributed by atoms with Crippen LogP contribution in [0.5, 0.6) is 0 Å². The fourth-order valence-electron chi connectivity index (χ4n) is 2.46. The molecule has 1 aromatic rings. The number of aromatic nitrogens is 2. The number of likely N-dealkylation sites (N-methyl/N-ethyl adjacent to an activating group) is 1. The van der Waals surface area contributed by atoms with Crippen molar-refractivity contribution in [1.29, 1.82) is 0 Å². The van der Waals surface area contributed by atoms with Crippen LogP contribution in [0.25, 0.3) is 0 Å². The third-order valence-electron chi connectivity index (χ3n) is 3.69. The molecule has 0 unspecified atom stereocenters. The Morgan fingerprint density at radius 1 is 1.53 bits per heavy atom. The summed E-state index contributed by atoms with van der Waals surface area (Å²) in [5.74, 6) is 1.00. The molecule has 4 nitrogen and oxygen atoms in total. The highest BCUT2D eigenvalue weighted by atomic mass is 15.3. The molecule has 0 N–H and O–H groups in total. The van der Waals surface area contributed by atoms with Gasteiger partial charge >= 0.3 is 0 Å². The van der Waals surface area contributed by atoms with E-state index in [-0.39, 0.29) is 0 Å².